The molecule has 0 atom stereocenters. The minimum atomic E-state index is -0.310. The monoisotopic (exact) mass is 1180 g/mol. The van der Waals surface area contributed by atoms with Crippen LogP contribution in [0.2, 0.25) is 0 Å². The van der Waals surface area contributed by atoms with Crippen LogP contribution in [0.3, 0.4) is 0 Å². The summed E-state index contributed by atoms with van der Waals surface area (Å²) in [5.74, 6) is 26.2. The Morgan fingerprint density at radius 1 is 0.388 bits per heavy atom. The topological polar surface area (TPSA) is 36.9 Å². The molecule has 0 spiro atoms. The number of hydrogen-bond acceptors (Lipinski definition) is 4. The van der Waals surface area contributed by atoms with Crippen molar-refractivity contribution in [2.45, 2.75) is 111 Å². The summed E-state index contributed by atoms with van der Waals surface area (Å²) < 4.78 is 24.9. The molecule has 1 heterocycles. The van der Waals surface area contributed by atoms with E-state index in [0.717, 1.165) is 80.9 Å². The fourth-order valence-electron chi connectivity index (χ4n) is 9.89. The Kier molecular flexibility index (Phi) is 21.8. The standard InChI is InChI=1S/C37H32O.C22H21BrO.C20H21BO2/c1-2-3-4-5-12-25-38-36-23-19-29(20-24-36)13-6-7-14-30-15-10-11-18-37(30)34-22-21-33-26-31-16-8-9-17-32(31)27-35(33)28-34;1-2-3-4-9-18-24-21-16-14-19(15-17-21)10-5-6-11-20-12-7-8-13-22(20)23;1-19(2)20(3,4)23-21(22-19)18-10-9-16-11-14-7-5-6-8-15(14)12-17(16)13-18/h8-11,15-24,26-28H,2-5,12,25H2,1H3;7-8,12-17H,2-4,9,18H2,1H3;5-13H,1-4H3. The third kappa shape index (κ3) is 17.3. The van der Waals surface area contributed by atoms with Gasteiger partial charge in [-0.15, -0.1) is 0 Å². The van der Waals surface area contributed by atoms with Crippen molar-refractivity contribution in [1.29, 1.82) is 0 Å². The maximum absolute atomic E-state index is 6.16. The summed E-state index contributed by atoms with van der Waals surface area (Å²) in [5.41, 5.74) is 6.53. The number of unbranched alkanes of at least 4 members (excludes halogenated alkanes) is 7. The number of benzene rings is 10. The zero-order valence-electron chi connectivity index (χ0n) is 50.0. The first kappa shape index (κ1) is 61.1. The molecule has 10 aromatic rings. The van der Waals surface area contributed by atoms with Crippen LogP contribution in [-0.4, -0.2) is 31.5 Å². The van der Waals surface area contributed by atoms with Gasteiger partial charge in [0.25, 0.3) is 0 Å². The van der Waals surface area contributed by atoms with Gasteiger partial charge < -0.3 is 18.8 Å². The van der Waals surface area contributed by atoms with Gasteiger partial charge in [0.15, 0.2) is 0 Å². The number of ether oxygens (including phenoxy) is 2. The first-order valence-electron chi connectivity index (χ1n) is 30.0. The quantitative estimate of drug-likeness (QED) is 0.0444. The SMILES string of the molecule is CC1(C)OB(c2ccc3cc4ccccc4cc3c2)OC1(C)C.CCCCCCCOc1ccc(C#CC#Cc2ccccc2-c2ccc3cc4ccccc4cc3c2)cc1.CCCCCCOc1ccc(C#CC#Cc2ccccc2Br)cc1. The maximum Gasteiger partial charge on any atom is 0.494 e. The molecular weight excluding hydrogens is 1100 g/mol. The van der Waals surface area contributed by atoms with Crippen LogP contribution in [0, 0.1) is 47.4 Å². The highest BCUT2D eigenvalue weighted by molar-refractivity contribution is 9.10. The van der Waals surface area contributed by atoms with Gasteiger partial charge in [-0.05, 0) is 237 Å². The molecule has 0 bridgehead atoms. The van der Waals surface area contributed by atoms with Crippen molar-refractivity contribution >= 4 is 71.6 Å². The first-order chi connectivity index (χ1) is 41.4. The fraction of sp³-hybridized carbons (Fsp3) is 0.241. The number of rotatable bonds is 15. The number of fused-ring (bicyclic) bond motifs is 4. The van der Waals surface area contributed by atoms with Crippen LogP contribution in [0.15, 0.2) is 211 Å². The van der Waals surface area contributed by atoms with E-state index in [0.29, 0.717) is 0 Å². The fourth-order valence-corrected chi connectivity index (χ4v) is 10.3. The summed E-state index contributed by atoms with van der Waals surface area (Å²) >= 11 is 3.47. The molecule has 85 heavy (non-hydrogen) atoms. The van der Waals surface area contributed by atoms with E-state index in [1.54, 1.807) is 0 Å². The van der Waals surface area contributed by atoms with Crippen LogP contribution >= 0.6 is 15.9 Å². The average Bonchev–Trinajstić information content (AvgIpc) is 2.29. The highest BCUT2D eigenvalue weighted by atomic mass is 79.9. The molecule has 0 radical (unpaired) electrons. The zero-order valence-corrected chi connectivity index (χ0v) is 51.6. The van der Waals surface area contributed by atoms with Gasteiger partial charge in [-0.3, -0.25) is 0 Å². The predicted octanol–water partition coefficient (Wildman–Crippen LogP) is 19.5. The predicted molar refractivity (Wildman–Crippen MR) is 362 cm³/mol. The molecule has 10 aromatic carbocycles. The number of halogens is 1. The molecule has 1 fully saturated rings. The molecular formula is C79H74BBrO4. The lowest BCUT2D eigenvalue weighted by Crippen LogP contribution is -2.41. The normalized spacial score (nSPS) is 12.6. The smallest absolute Gasteiger partial charge is 0.494 e. The molecule has 0 aliphatic carbocycles. The Bertz CT molecular complexity index is 4120. The highest BCUT2D eigenvalue weighted by Crippen LogP contribution is 2.37. The van der Waals surface area contributed by atoms with Gasteiger partial charge in [0, 0.05) is 26.7 Å². The number of hydrogen-bond donors (Lipinski definition) is 0. The lowest BCUT2D eigenvalue weighted by atomic mass is 9.78. The molecule has 0 aromatic heterocycles. The first-order valence-corrected chi connectivity index (χ1v) is 30.8. The van der Waals surface area contributed by atoms with Crippen molar-refractivity contribution in [2.24, 2.45) is 0 Å². The maximum atomic E-state index is 6.16. The Morgan fingerprint density at radius 2 is 0.800 bits per heavy atom. The molecule has 0 saturated carbocycles. The van der Waals surface area contributed by atoms with E-state index in [4.69, 9.17) is 18.8 Å². The lowest BCUT2D eigenvalue weighted by molar-refractivity contribution is 0.00578. The summed E-state index contributed by atoms with van der Waals surface area (Å²) in [6.07, 6.45) is 11.1. The Labute approximate surface area is 514 Å². The summed E-state index contributed by atoms with van der Waals surface area (Å²) in [6.45, 7) is 14.3. The van der Waals surface area contributed by atoms with Gasteiger partial charge in [-0.2, -0.15) is 0 Å². The van der Waals surface area contributed by atoms with Crippen LogP contribution in [0.1, 0.15) is 122 Å². The van der Waals surface area contributed by atoms with Crippen LogP contribution < -0.4 is 14.9 Å². The summed E-state index contributed by atoms with van der Waals surface area (Å²) in [5, 5.41) is 9.97. The van der Waals surface area contributed by atoms with Gasteiger partial charge in [-0.1, -0.05) is 192 Å². The Balaban J connectivity index is 0.000000160. The summed E-state index contributed by atoms with van der Waals surface area (Å²) in [7, 11) is -0.309. The van der Waals surface area contributed by atoms with Gasteiger partial charge in [-0.25, -0.2) is 0 Å². The second-order valence-electron chi connectivity index (χ2n) is 22.4. The van der Waals surface area contributed by atoms with Crippen molar-refractivity contribution in [1.82, 2.24) is 0 Å². The Hall–Kier alpha value is -8.46. The van der Waals surface area contributed by atoms with E-state index in [1.165, 1.54) is 88.0 Å². The van der Waals surface area contributed by atoms with Crippen LogP contribution in [0.5, 0.6) is 11.5 Å². The second-order valence-corrected chi connectivity index (χ2v) is 23.3. The van der Waals surface area contributed by atoms with E-state index in [1.807, 2.05) is 78.9 Å². The van der Waals surface area contributed by atoms with Gasteiger partial charge in [0.1, 0.15) is 11.5 Å². The lowest BCUT2D eigenvalue weighted by Gasteiger charge is -2.32. The van der Waals surface area contributed by atoms with Gasteiger partial charge in [0.2, 0.25) is 0 Å². The summed E-state index contributed by atoms with van der Waals surface area (Å²) in [6, 6.07) is 71.0. The van der Waals surface area contributed by atoms with Crippen molar-refractivity contribution in [3.8, 4) is 70.0 Å². The third-order valence-corrected chi connectivity index (χ3v) is 16.2. The minimum absolute atomic E-state index is 0.309. The zero-order chi connectivity index (χ0) is 59.3. The largest absolute Gasteiger partial charge is 0.494 e. The second kappa shape index (κ2) is 30.4. The average molecular weight is 1180 g/mol. The van der Waals surface area contributed by atoms with E-state index in [2.05, 4.69) is 232 Å². The molecule has 0 amide bonds. The molecule has 1 aliphatic heterocycles. The molecule has 4 nitrogen and oxygen atoms in total. The van der Waals surface area contributed by atoms with Crippen LogP contribution in [0.25, 0.3) is 54.2 Å². The van der Waals surface area contributed by atoms with E-state index < -0.39 is 0 Å². The summed E-state index contributed by atoms with van der Waals surface area (Å²) in [4.78, 5) is 0. The molecule has 0 N–H and O–H groups in total. The Morgan fingerprint density at radius 3 is 1.33 bits per heavy atom. The molecule has 6 heteroatoms. The molecule has 0 unspecified atom stereocenters. The van der Waals surface area contributed by atoms with E-state index in [9.17, 15) is 0 Å². The van der Waals surface area contributed by atoms with Crippen molar-refractivity contribution in [2.75, 3.05) is 13.2 Å². The molecule has 1 aliphatic rings. The minimum Gasteiger partial charge on any atom is -0.494 e. The van der Waals surface area contributed by atoms with Crippen molar-refractivity contribution in [3.63, 3.8) is 0 Å². The van der Waals surface area contributed by atoms with E-state index in [-0.39, 0.29) is 18.3 Å². The van der Waals surface area contributed by atoms with Crippen molar-refractivity contribution in [3.05, 3.63) is 233 Å². The molecule has 1 saturated heterocycles. The van der Waals surface area contributed by atoms with Gasteiger partial charge >= 0.3 is 7.12 Å². The molecule has 11 rings (SSSR count). The van der Waals surface area contributed by atoms with Gasteiger partial charge in [0.05, 0.1) is 24.4 Å². The van der Waals surface area contributed by atoms with Crippen molar-refractivity contribution < 1.29 is 18.8 Å². The van der Waals surface area contributed by atoms with Crippen LogP contribution in [-0.2, 0) is 9.31 Å². The van der Waals surface area contributed by atoms with Crippen LogP contribution in [0.4, 0.5) is 0 Å². The highest BCUT2D eigenvalue weighted by Gasteiger charge is 2.51. The molecule has 424 valence electrons. The third-order valence-electron chi connectivity index (χ3n) is 15.5. The van der Waals surface area contributed by atoms with E-state index >= 15 is 0 Å².